The maximum atomic E-state index is 12.8. The summed E-state index contributed by atoms with van der Waals surface area (Å²) in [7, 11) is -3.17. The molecule has 26 heavy (non-hydrogen) atoms. The van der Waals surface area contributed by atoms with Crippen LogP contribution in [0.4, 0.5) is 5.69 Å². The number of hydrogen-bond acceptors (Lipinski definition) is 4. The zero-order valence-electron chi connectivity index (χ0n) is 14.6. The number of amides is 2. The number of nitrogens with one attached hydrogen (secondary N) is 1. The van der Waals surface area contributed by atoms with Crippen LogP contribution >= 0.6 is 0 Å². The third-order valence-electron chi connectivity index (χ3n) is 4.81. The van der Waals surface area contributed by atoms with Gasteiger partial charge >= 0.3 is 0 Å². The number of piperidine rings is 1. The summed E-state index contributed by atoms with van der Waals surface area (Å²) in [6.45, 7) is 4.99. The average molecular weight is 377 g/mol. The Balaban J connectivity index is 1.67. The summed E-state index contributed by atoms with van der Waals surface area (Å²) < 4.78 is 25.8. The van der Waals surface area contributed by atoms with E-state index in [0.29, 0.717) is 37.3 Å². The molecule has 140 valence electrons. The lowest BCUT2D eigenvalue weighted by Gasteiger charge is -2.36. The molecule has 1 aromatic carbocycles. The van der Waals surface area contributed by atoms with Crippen molar-refractivity contribution in [3.8, 4) is 0 Å². The molecule has 0 radical (unpaired) electrons. The lowest BCUT2D eigenvalue weighted by molar-refractivity contribution is -0.111. The van der Waals surface area contributed by atoms with Gasteiger partial charge < -0.3 is 10.2 Å². The van der Waals surface area contributed by atoms with E-state index in [-0.39, 0.29) is 23.6 Å². The van der Waals surface area contributed by atoms with Crippen LogP contribution in [0.15, 0.2) is 36.9 Å². The second-order valence-corrected chi connectivity index (χ2v) is 8.64. The number of benzene rings is 1. The van der Waals surface area contributed by atoms with E-state index in [1.54, 1.807) is 33.5 Å². The lowest BCUT2D eigenvalue weighted by atomic mass is 10.0. The normalized spacial score (nSPS) is 22.8. The van der Waals surface area contributed by atoms with Crippen LogP contribution in [0.1, 0.15) is 29.6 Å². The van der Waals surface area contributed by atoms with Crippen molar-refractivity contribution in [3.05, 3.63) is 42.5 Å². The number of hydrogen-bond donors (Lipinski definition) is 1. The Hall–Kier alpha value is -2.19. The summed E-state index contributed by atoms with van der Waals surface area (Å²) in [5.41, 5.74) is 1.11. The maximum absolute atomic E-state index is 12.8. The largest absolute Gasteiger partial charge is 0.337 e. The van der Waals surface area contributed by atoms with E-state index in [4.69, 9.17) is 0 Å². The minimum Gasteiger partial charge on any atom is -0.337 e. The minimum absolute atomic E-state index is 0.118. The average Bonchev–Trinajstić information content (AvgIpc) is 3.01. The summed E-state index contributed by atoms with van der Waals surface area (Å²) >= 11 is 0. The Morgan fingerprint density at radius 2 is 1.88 bits per heavy atom. The molecule has 2 heterocycles. The first-order valence-electron chi connectivity index (χ1n) is 8.73. The molecule has 8 heteroatoms. The van der Waals surface area contributed by atoms with Gasteiger partial charge in [0.05, 0.1) is 5.75 Å². The summed E-state index contributed by atoms with van der Waals surface area (Å²) in [6.07, 6.45) is 3.41. The Bertz CT molecular complexity index is 804. The topological polar surface area (TPSA) is 86.8 Å². The number of carbonyl (C=O) groups is 2. The molecule has 0 spiro atoms. The number of carbonyl (C=O) groups excluding carboxylic acids is 2. The first kappa shape index (κ1) is 18.6. The minimum atomic E-state index is -3.17. The molecular weight excluding hydrogens is 354 g/mol. The van der Waals surface area contributed by atoms with Crippen LogP contribution < -0.4 is 5.32 Å². The highest BCUT2D eigenvalue weighted by Gasteiger charge is 2.37. The summed E-state index contributed by atoms with van der Waals surface area (Å²) in [6, 6.07) is 6.53. The summed E-state index contributed by atoms with van der Waals surface area (Å²) in [4.78, 5) is 25.8. The molecule has 1 aromatic rings. The van der Waals surface area contributed by atoms with Gasteiger partial charge in [0.25, 0.3) is 5.91 Å². The van der Waals surface area contributed by atoms with Gasteiger partial charge in [0.2, 0.25) is 15.9 Å². The van der Waals surface area contributed by atoms with E-state index in [9.17, 15) is 18.0 Å². The zero-order chi connectivity index (χ0) is 18.7. The van der Waals surface area contributed by atoms with Gasteiger partial charge in [-0.3, -0.25) is 9.59 Å². The fourth-order valence-corrected chi connectivity index (χ4v) is 5.28. The number of likely N-dealkylation sites (tertiary alicyclic amines) is 1. The van der Waals surface area contributed by atoms with Crippen molar-refractivity contribution in [2.24, 2.45) is 0 Å². The third kappa shape index (κ3) is 3.96. The van der Waals surface area contributed by atoms with Crippen molar-refractivity contribution in [3.63, 3.8) is 0 Å². The van der Waals surface area contributed by atoms with Crippen LogP contribution in [-0.4, -0.2) is 60.9 Å². The number of rotatable bonds is 4. The summed E-state index contributed by atoms with van der Waals surface area (Å²) in [5.74, 6) is -0.224. The molecule has 2 aliphatic rings. The highest BCUT2D eigenvalue weighted by Crippen LogP contribution is 2.25. The van der Waals surface area contributed by atoms with Crippen LogP contribution in [-0.2, 0) is 14.8 Å². The van der Waals surface area contributed by atoms with Gasteiger partial charge in [-0.1, -0.05) is 6.58 Å². The van der Waals surface area contributed by atoms with E-state index < -0.39 is 10.0 Å². The van der Waals surface area contributed by atoms with Crippen molar-refractivity contribution in [1.29, 1.82) is 0 Å². The zero-order valence-corrected chi connectivity index (χ0v) is 15.4. The standard InChI is InChI=1S/C18H23N3O4S/c1-2-17(22)19-15-8-6-14(7-9-15)18(23)20-10-3-5-16(13-20)21-11-4-12-26(21,24)25/h2,6-9,16H,1,3-5,10-13H2,(H,19,22). The van der Waals surface area contributed by atoms with E-state index >= 15 is 0 Å². The first-order valence-corrected chi connectivity index (χ1v) is 10.3. The fraction of sp³-hybridized carbons (Fsp3) is 0.444. The predicted octanol–water partition coefficient (Wildman–Crippen LogP) is 1.45. The SMILES string of the molecule is C=CC(=O)Nc1ccc(C(=O)N2CCCC(N3CCCS3(=O)=O)C2)cc1. The van der Waals surface area contributed by atoms with Gasteiger partial charge in [-0.05, 0) is 49.6 Å². The van der Waals surface area contributed by atoms with Crippen molar-refractivity contribution >= 4 is 27.5 Å². The molecular formula is C18H23N3O4S. The van der Waals surface area contributed by atoms with Crippen LogP contribution in [0.5, 0.6) is 0 Å². The van der Waals surface area contributed by atoms with Crippen molar-refractivity contribution < 1.29 is 18.0 Å². The molecule has 0 saturated carbocycles. The molecule has 0 aliphatic carbocycles. The van der Waals surface area contributed by atoms with Gasteiger partial charge in [0.15, 0.2) is 0 Å². The lowest BCUT2D eigenvalue weighted by Crippen LogP contribution is -2.50. The van der Waals surface area contributed by atoms with Gasteiger partial charge in [-0.2, -0.15) is 4.31 Å². The molecule has 0 aromatic heterocycles. The molecule has 7 nitrogen and oxygen atoms in total. The number of nitrogens with zero attached hydrogens (tertiary/aromatic N) is 2. The molecule has 0 bridgehead atoms. The van der Waals surface area contributed by atoms with Crippen LogP contribution in [0, 0.1) is 0 Å². The fourth-order valence-electron chi connectivity index (χ4n) is 3.52. The molecule has 1 N–H and O–H groups in total. The van der Waals surface area contributed by atoms with Gasteiger partial charge in [-0.25, -0.2) is 8.42 Å². The molecule has 2 fully saturated rings. The molecule has 2 saturated heterocycles. The Morgan fingerprint density at radius 3 is 2.50 bits per heavy atom. The van der Waals surface area contributed by atoms with Crippen LogP contribution in [0.25, 0.3) is 0 Å². The predicted molar refractivity (Wildman–Crippen MR) is 99.3 cm³/mol. The summed E-state index contributed by atoms with van der Waals surface area (Å²) in [5, 5.41) is 2.64. The molecule has 2 aliphatic heterocycles. The Kier molecular flexibility index (Phi) is 5.43. The highest BCUT2D eigenvalue weighted by molar-refractivity contribution is 7.89. The second kappa shape index (κ2) is 7.59. The maximum Gasteiger partial charge on any atom is 0.253 e. The van der Waals surface area contributed by atoms with E-state index in [1.807, 2.05) is 0 Å². The third-order valence-corrected chi connectivity index (χ3v) is 6.81. The Morgan fingerprint density at radius 1 is 1.15 bits per heavy atom. The van der Waals surface area contributed by atoms with E-state index in [1.165, 1.54) is 6.08 Å². The number of anilines is 1. The number of sulfonamides is 1. The molecule has 1 unspecified atom stereocenters. The van der Waals surface area contributed by atoms with Gasteiger partial charge in [-0.15, -0.1) is 0 Å². The second-order valence-electron chi connectivity index (χ2n) is 6.60. The molecule has 1 atom stereocenters. The monoisotopic (exact) mass is 377 g/mol. The Labute approximate surface area is 153 Å². The van der Waals surface area contributed by atoms with Crippen molar-refractivity contribution in [2.45, 2.75) is 25.3 Å². The van der Waals surface area contributed by atoms with Crippen LogP contribution in [0.2, 0.25) is 0 Å². The first-order chi connectivity index (χ1) is 12.4. The molecule has 3 rings (SSSR count). The van der Waals surface area contributed by atoms with Crippen LogP contribution in [0.3, 0.4) is 0 Å². The quantitative estimate of drug-likeness (QED) is 0.805. The van der Waals surface area contributed by atoms with Gasteiger partial charge in [0.1, 0.15) is 0 Å². The van der Waals surface area contributed by atoms with E-state index in [2.05, 4.69) is 11.9 Å². The molecule has 2 amide bonds. The van der Waals surface area contributed by atoms with E-state index in [0.717, 1.165) is 12.8 Å². The smallest absolute Gasteiger partial charge is 0.253 e. The van der Waals surface area contributed by atoms with Crippen molar-refractivity contribution in [2.75, 3.05) is 30.7 Å². The highest BCUT2D eigenvalue weighted by atomic mass is 32.2. The van der Waals surface area contributed by atoms with Gasteiger partial charge in [0, 0.05) is 36.9 Å². The van der Waals surface area contributed by atoms with Crippen molar-refractivity contribution in [1.82, 2.24) is 9.21 Å².